The molecule has 1 N–H and O–H groups in total. The Morgan fingerprint density at radius 1 is 1.09 bits per heavy atom. The minimum Gasteiger partial charge on any atom is -0.675 e. The van der Waals surface area contributed by atoms with Gasteiger partial charge in [-0.15, -0.1) is 6.04 Å². The predicted molar refractivity (Wildman–Crippen MR) is 145 cm³/mol. The second-order valence-corrected chi connectivity index (χ2v) is 7.87. The van der Waals surface area contributed by atoms with Gasteiger partial charge >= 0.3 is 0 Å². The molecule has 3 heteroatoms. The van der Waals surface area contributed by atoms with Gasteiger partial charge in [0.05, 0.1) is 0 Å². The summed E-state index contributed by atoms with van der Waals surface area (Å²) in [6.45, 7) is 14.5. The summed E-state index contributed by atoms with van der Waals surface area (Å²) < 4.78 is 2.20. The first-order chi connectivity index (χ1) is 13.4. The first-order valence-corrected chi connectivity index (χ1v) is 10.8. The number of aromatic nitrogens is 1. The Morgan fingerprint density at radius 2 is 1.62 bits per heavy atom. The van der Waals surface area contributed by atoms with Crippen molar-refractivity contribution in [3.8, 4) is 0 Å². The Hall–Kier alpha value is -1.24. The van der Waals surface area contributed by atoms with Gasteiger partial charge in [-0.2, -0.15) is 0 Å². The molecule has 1 aromatic heterocycles. The van der Waals surface area contributed by atoms with Crippen molar-refractivity contribution in [3.63, 3.8) is 0 Å². The van der Waals surface area contributed by atoms with Gasteiger partial charge in [-0.05, 0) is 43.5 Å². The van der Waals surface area contributed by atoms with Crippen LogP contribution < -0.4 is 4.57 Å². The molecular weight excluding hydrogens is 571 g/mol. The Bertz CT molecular complexity index is 787. The summed E-state index contributed by atoms with van der Waals surface area (Å²) in [4.78, 5) is 0. The maximum absolute atomic E-state index is 7.27. The molecular formula is C29H50N2Pt-2. The Kier molecular flexibility index (Phi) is 24.2. The molecule has 0 spiro atoms. The van der Waals surface area contributed by atoms with Crippen molar-refractivity contribution in [1.82, 2.24) is 0 Å². The summed E-state index contributed by atoms with van der Waals surface area (Å²) in [5, 5.41) is 1.33. The van der Waals surface area contributed by atoms with Crippen LogP contribution in [0.25, 0.3) is 22.2 Å². The van der Waals surface area contributed by atoms with E-state index in [2.05, 4.69) is 83.3 Å². The van der Waals surface area contributed by atoms with Crippen molar-refractivity contribution >= 4 is 16.5 Å². The summed E-state index contributed by atoms with van der Waals surface area (Å²) >= 11 is 0. The smallest absolute Gasteiger partial charge is 0.216 e. The summed E-state index contributed by atoms with van der Waals surface area (Å²) in [6, 6.07) is 6.87. The van der Waals surface area contributed by atoms with Crippen LogP contribution in [0, 0.1) is 28.7 Å². The van der Waals surface area contributed by atoms with Crippen LogP contribution in [-0.2, 0) is 28.1 Å². The summed E-state index contributed by atoms with van der Waals surface area (Å²) in [6.07, 6.45) is 13.6. The molecule has 3 rings (SSSR count). The predicted octanol–water partition coefficient (Wildman–Crippen LogP) is 9.19. The van der Waals surface area contributed by atoms with Crippen molar-refractivity contribution in [2.24, 2.45) is 7.05 Å². The topological polar surface area (TPSA) is 27.7 Å². The van der Waals surface area contributed by atoms with Crippen molar-refractivity contribution < 1.29 is 25.6 Å². The number of allylic oxidation sites excluding steroid dienone is 3. The van der Waals surface area contributed by atoms with E-state index in [4.69, 9.17) is 5.73 Å². The molecule has 188 valence electrons. The van der Waals surface area contributed by atoms with Crippen LogP contribution in [0.2, 0.25) is 0 Å². The molecule has 0 bridgehead atoms. The van der Waals surface area contributed by atoms with Crippen LogP contribution in [0.4, 0.5) is 0 Å². The van der Waals surface area contributed by atoms with E-state index in [1.54, 1.807) is 0 Å². The van der Waals surface area contributed by atoms with Crippen molar-refractivity contribution in [3.05, 3.63) is 80.4 Å². The Labute approximate surface area is 215 Å². The van der Waals surface area contributed by atoms with E-state index < -0.39 is 0 Å². The third-order valence-electron chi connectivity index (χ3n) is 5.15. The van der Waals surface area contributed by atoms with Gasteiger partial charge in [0.15, 0.2) is 6.20 Å². The zero-order valence-electron chi connectivity index (χ0n) is 21.3. The molecule has 1 heterocycles. The average Bonchev–Trinajstić information content (AvgIpc) is 2.67. The van der Waals surface area contributed by atoms with Crippen LogP contribution in [0.3, 0.4) is 0 Å². The van der Waals surface area contributed by atoms with Gasteiger partial charge in [0.2, 0.25) is 5.52 Å². The summed E-state index contributed by atoms with van der Waals surface area (Å²) in [5.74, 6) is 0. The maximum Gasteiger partial charge on any atom is 0.216 e. The van der Waals surface area contributed by atoms with Gasteiger partial charge in [0.1, 0.15) is 7.05 Å². The molecule has 1 aliphatic rings. The molecule has 0 saturated heterocycles. The molecule has 1 fully saturated rings. The van der Waals surface area contributed by atoms with Gasteiger partial charge in [0.25, 0.3) is 0 Å². The fourth-order valence-electron chi connectivity index (χ4n) is 3.66. The molecule has 1 saturated carbocycles. The van der Waals surface area contributed by atoms with Crippen LogP contribution in [0.5, 0.6) is 0 Å². The molecule has 1 aromatic carbocycles. The minimum absolute atomic E-state index is 0. The molecule has 2 aromatic rings. The normalized spacial score (nSPS) is 12.8. The largest absolute Gasteiger partial charge is 0.675 e. The van der Waals surface area contributed by atoms with Crippen LogP contribution in [-0.4, -0.2) is 6.04 Å². The van der Waals surface area contributed by atoms with E-state index in [1.807, 2.05) is 6.08 Å². The fourth-order valence-corrected chi connectivity index (χ4v) is 3.66. The summed E-state index contributed by atoms with van der Waals surface area (Å²) in [7, 11) is 2.10. The van der Waals surface area contributed by atoms with Gasteiger partial charge in [-0.1, -0.05) is 84.6 Å². The number of benzene rings is 1. The zero-order chi connectivity index (χ0) is 21.1. The van der Waals surface area contributed by atoms with Crippen molar-refractivity contribution in [2.75, 3.05) is 0 Å². The van der Waals surface area contributed by atoms with Gasteiger partial charge in [-0.3, -0.25) is 0 Å². The van der Waals surface area contributed by atoms with Crippen molar-refractivity contribution in [1.29, 1.82) is 0 Å². The third kappa shape index (κ3) is 11.6. The number of nitrogens with zero attached hydrogens (tertiary/aromatic N) is 1. The van der Waals surface area contributed by atoms with E-state index in [0.29, 0.717) is 0 Å². The number of hydrogen-bond acceptors (Lipinski definition) is 0. The van der Waals surface area contributed by atoms with Crippen molar-refractivity contribution in [2.45, 2.75) is 86.6 Å². The number of rotatable bonds is 2. The SMILES string of the molecule is C.C=C/C=C(/C)c1ccc2c(C)cc[n+](C)c2c1C.CCC.[CH3-].[CH3-].[NH-]C1CCCCC1.[Pt]. The Morgan fingerprint density at radius 3 is 2.06 bits per heavy atom. The monoisotopic (exact) mass is 621 g/mol. The molecule has 0 aliphatic heterocycles. The molecule has 0 radical (unpaired) electrons. The molecule has 0 amide bonds. The molecule has 2 nitrogen and oxygen atoms in total. The van der Waals surface area contributed by atoms with E-state index in [1.165, 1.54) is 58.8 Å². The minimum atomic E-state index is 0. The van der Waals surface area contributed by atoms with Gasteiger partial charge in [0, 0.05) is 38.1 Å². The van der Waals surface area contributed by atoms with Gasteiger partial charge < -0.3 is 20.6 Å². The van der Waals surface area contributed by atoms with E-state index in [9.17, 15) is 0 Å². The van der Waals surface area contributed by atoms with Crippen LogP contribution in [0.15, 0.2) is 43.1 Å². The van der Waals surface area contributed by atoms with E-state index >= 15 is 0 Å². The second kappa shape index (κ2) is 20.4. The zero-order valence-corrected chi connectivity index (χ0v) is 23.5. The molecule has 0 atom stereocenters. The average molecular weight is 622 g/mol. The quantitative estimate of drug-likeness (QED) is 0.182. The van der Waals surface area contributed by atoms with Crippen LogP contribution in [0.1, 0.15) is 83.4 Å². The number of pyridine rings is 1. The van der Waals surface area contributed by atoms with E-state index in [-0.39, 0.29) is 49.4 Å². The van der Waals surface area contributed by atoms with Crippen LogP contribution >= 0.6 is 0 Å². The first-order valence-electron chi connectivity index (χ1n) is 10.8. The number of fused-ring (bicyclic) bond motifs is 1. The number of aryl methyl sites for hydroxylation is 3. The maximum atomic E-state index is 7.27. The molecule has 1 aliphatic carbocycles. The Balaban J connectivity index is -0.000000239. The second-order valence-electron chi connectivity index (χ2n) is 7.87. The number of hydrogen-bond donors (Lipinski definition) is 0. The van der Waals surface area contributed by atoms with E-state index in [0.717, 1.165) is 12.8 Å². The fraction of sp³-hybridized carbons (Fsp3) is 0.483. The summed E-state index contributed by atoms with van der Waals surface area (Å²) in [5.41, 5.74) is 13.8. The van der Waals surface area contributed by atoms with Gasteiger partial charge in [-0.25, -0.2) is 4.57 Å². The number of nitrogens with one attached hydrogen (secondary N) is 1. The standard InChI is InChI=1S/C17H20N.C6H12N.C3H8.CH4.2CH3.Pt/c1-6-7-12(2)15-8-9-16-13(3)10-11-18(5)17(16)14(15)4;7-6-4-2-1-3-5-6;1-3-2;;;;/h6-11H,1H2,2-5H3;6-7H,1-5H2;3H2,1-2H3;1H4;2*1H3;/q+1;-1;;;2*-1;/b12-7-;;;;;;. The molecule has 32 heavy (non-hydrogen) atoms. The third-order valence-corrected chi connectivity index (χ3v) is 5.15. The first kappa shape index (κ1) is 38.0. The molecule has 0 unspecified atom stereocenters.